The molecule has 1 aromatic carbocycles. The van der Waals surface area contributed by atoms with E-state index in [0.717, 1.165) is 29.6 Å². The first kappa shape index (κ1) is 15.7. The number of anilines is 1. The van der Waals surface area contributed by atoms with Crippen molar-refractivity contribution in [1.82, 2.24) is 0 Å². The van der Waals surface area contributed by atoms with E-state index in [2.05, 4.69) is 19.2 Å². The van der Waals surface area contributed by atoms with Crippen LogP contribution in [0.5, 0.6) is 11.5 Å². The normalized spacial score (nSPS) is 10.6. The fraction of sp³-hybridized carbons (Fsp3) is 0.625. The maximum atomic E-state index is 5.31. The summed E-state index contributed by atoms with van der Waals surface area (Å²) in [6.45, 7) is 5.52. The number of hydrogen-bond acceptors (Lipinski definition) is 3. The second-order valence-electron chi connectivity index (χ2n) is 4.89. The number of methoxy groups -OCH3 is 2. The summed E-state index contributed by atoms with van der Waals surface area (Å²) in [6.07, 6.45) is 5.07. The minimum Gasteiger partial charge on any atom is -0.493 e. The SMILES string of the molecule is CCCC(CCC)CNc1ccc(OC)c(OC)c1. The first-order valence-electron chi connectivity index (χ1n) is 7.21. The van der Waals surface area contributed by atoms with Gasteiger partial charge < -0.3 is 14.8 Å². The van der Waals surface area contributed by atoms with Gasteiger partial charge in [-0.15, -0.1) is 0 Å². The van der Waals surface area contributed by atoms with E-state index in [1.54, 1.807) is 14.2 Å². The maximum absolute atomic E-state index is 5.31. The lowest BCUT2D eigenvalue weighted by molar-refractivity contribution is 0.355. The van der Waals surface area contributed by atoms with Crippen molar-refractivity contribution in [3.05, 3.63) is 18.2 Å². The Hall–Kier alpha value is -1.38. The molecule has 0 amide bonds. The predicted molar refractivity (Wildman–Crippen MR) is 81.3 cm³/mol. The highest BCUT2D eigenvalue weighted by molar-refractivity contribution is 5.54. The molecule has 0 aliphatic heterocycles. The third-order valence-electron chi connectivity index (χ3n) is 3.37. The molecule has 0 aliphatic rings. The molecule has 108 valence electrons. The molecule has 0 atom stereocenters. The number of ether oxygens (including phenoxy) is 2. The Balaban J connectivity index is 2.60. The van der Waals surface area contributed by atoms with Gasteiger partial charge in [-0.2, -0.15) is 0 Å². The number of rotatable bonds is 9. The maximum Gasteiger partial charge on any atom is 0.162 e. The number of nitrogens with one attached hydrogen (secondary N) is 1. The van der Waals surface area contributed by atoms with Crippen molar-refractivity contribution in [3.63, 3.8) is 0 Å². The van der Waals surface area contributed by atoms with Crippen LogP contribution in [0.1, 0.15) is 39.5 Å². The molecule has 0 saturated carbocycles. The summed E-state index contributed by atoms with van der Waals surface area (Å²) in [4.78, 5) is 0. The van der Waals surface area contributed by atoms with E-state index in [4.69, 9.17) is 9.47 Å². The molecule has 0 fully saturated rings. The second-order valence-corrected chi connectivity index (χ2v) is 4.89. The summed E-state index contributed by atoms with van der Waals surface area (Å²) in [7, 11) is 3.32. The van der Waals surface area contributed by atoms with Crippen LogP contribution in [0.25, 0.3) is 0 Å². The lowest BCUT2D eigenvalue weighted by atomic mass is 9.98. The molecular formula is C16H27NO2. The van der Waals surface area contributed by atoms with Crippen molar-refractivity contribution >= 4 is 5.69 Å². The van der Waals surface area contributed by atoms with E-state index in [1.807, 2.05) is 18.2 Å². The summed E-state index contributed by atoms with van der Waals surface area (Å²) in [5, 5.41) is 3.50. The van der Waals surface area contributed by atoms with E-state index in [9.17, 15) is 0 Å². The minimum atomic E-state index is 0.753. The number of benzene rings is 1. The van der Waals surface area contributed by atoms with Crippen molar-refractivity contribution in [3.8, 4) is 11.5 Å². The fourth-order valence-corrected chi connectivity index (χ4v) is 2.37. The van der Waals surface area contributed by atoms with E-state index < -0.39 is 0 Å². The summed E-state index contributed by atoms with van der Waals surface area (Å²) in [6, 6.07) is 5.97. The monoisotopic (exact) mass is 265 g/mol. The summed E-state index contributed by atoms with van der Waals surface area (Å²) >= 11 is 0. The zero-order valence-corrected chi connectivity index (χ0v) is 12.7. The van der Waals surface area contributed by atoms with Gasteiger partial charge in [0.15, 0.2) is 11.5 Å². The van der Waals surface area contributed by atoms with Crippen molar-refractivity contribution in [2.45, 2.75) is 39.5 Å². The van der Waals surface area contributed by atoms with Gasteiger partial charge >= 0.3 is 0 Å². The zero-order chi connectivity index (χ0) is 14.1. The Morgan fingerprint density at radius 1 is 1.00 bits per heavy atom. The van der Waals surface area contributed by atoms with Crippen LogP contribution in [0.4, 0.5) is 5.69 Å². The lowest BCUT2D eigenvalue weighted by Crippen LogP contribution is -2.14. The van der Waals surface area contributed by atoms with Crippen LogP contribution in [0, 0.1) is 5.92 Å². The minimum absolute atomic E-state index is 0.753. The molecule has 0 unspecified atom stereocenters. The Morgan fingerprint density at radius 3 is 2.16 bits per heavy atom. The molecule has 0 heterocycles. The molecule has 3 nitrogen and oxygen atoms in total. The van der Waals surface area contributed by atoms with Crippen LogP contribution in [0.15, 0.2) is 18.2 Å². The van der Waals surface area contributed by atoms with Gasteiger partial charge in [0.25, 0.3) is 0 Å². The van der Waals surface area contributed by atoms with Gasteiger partial charge in [-0.25, -0.2) is 0 Å². The van der Waals surface area contributed by atoms with Crippen molar-refractivity contribution in [1.29, 1.82) is 0 Å². The van der Waals surface area contributed by atoms with Gasteiger partial charge in [0.1, 0.15) is 0 Å². The molecule has 3 heteroatoms. The third-order valence-corrected chi connectivity index (χ3v) is 3.37. The Kier molecular flexibility index (Phi) is 7.16. The molecule has 0 aliphatic carbocycles. The number of hydrogen-bond donors (Lipinski definition) is 1. The highest BCUT2D eigenvalue weighted by Gasteiger charge is 2.08. The van der Waals surface area contributed by atoms with Crippen LogP contribution < -0.4 is 14.8 Å². The molecule has 0 radical (unpaired) electrons. The molecule has 1 N–H and O–H groups in total. The fourth-order valence-electron chi connectivity index (χ4n) is 2.37. The lowest BCUT2D eigenvalue weighted by Gasteiger charge is -2.17. The average Bonchev–Trinajstić information content (AvgIpc) is 2.44. The first-order valence-corrected chi connectivity index (χ1v) is 7.21. The standard InChI is InChI=1S/C16H27NO2/c1-5-7-13(8-6-2)12-17-14-9-10-15(18-3)16(11-14)19-4/h9-11,13,17H,5-8,12H2,1-4H3. The highest BCUT2D eigenvalue weighted by Crippen LogP contribution is 2.30. The Morgan fingerprint density at radius 2 is 1.63 bits per heavy atom. The Bertz CT molecular complexity index is 360. The molecule has 1 aromatic rings. The Labute approximate surface area is 117 Å². The molecule has 19 heavy (non-hydrogen) atoms. The van der Waals surface area contributed by atoms with E-state index in [0.29, 0.717) is 0 Å². The van der Waals surface area contributed by atoms with Gasteiger partial charge in [-0.1, -0.05) is 26.7 Å². The molecule has 0 bridgehead atoms. The van der Waals surface area contributed by atoms with Crippen LogP contribution in [0.3, 0.4) is 0 Å². The van der Waals surface area contributed by atoms with Gasteiger partial charge in [-0.05, 0) is 30.9 Å². The van der Waals surface area contributed by atoms with Crippen LogP contribution in [-0.4, -0.2) is 20.8 Å². The van der Waals surface area contributed by atoms with Gasteiger partial charge in [0.05, 0.1) is 14.2 Å². The summed E-state index contributed by atoms with van der Waals surface area (Å²) in [5.41, 5.74) is 1.09. The van der Waals surface area contributed by atoms with Crippen molar-refractivity contribution in [2.24, 2.45) is 5.92 Å². The van der Waals surface area contributed by atoms with Crippen LogP contribution in [-0.2, 0) is 0 Å². The molecule has 0 spiro atoms. The zero-order valence-electron chi connectivity index (χ0n) is 12.7. The van der Waals surface area contributed by atoms with Gasteiger partial charge in [-0.3, -0.25) is 0 Å². The van der Waals surface area contributed by atoms with Crippen molar-refractivity contribution in [2.75, 3.05) is 26.1 Å². The van der Waals surface area contributed by atoms with E-state index in [-0.39, 0.29) is 0 Å². The van der Waals surface area contributed by atoms with Crippen LogP contribution in [0.2, 0.25) is 0 Å². The second kappa shape index (κ2) is 8.68. The molecule has 1 rings (SSSR count). The molecule has 0 aromatic heterocycles. The predicted octanol–water partition coefficient (Wildman–Crippen LogP) is 4.33. The smallest absolute Gasteiger partial charge is 0.162 e. The third kappa shape index (κ3) is 5.01. The van der Waals surface area contributed by atoms with Gasteiger partial charge in [0.2, 0.25) is 0 Å². The first-order chi connectivity index (χ1) is 9.24. The van der Waals surface area contributed by atoms with Gasteiger partial charge in [0, 0.05) is 18.3 Å². The molecule has 0 saturated heterocycles. The van der Waals surface area contributed by atoms with E-state index >= 15 is 0 Å². The summed E-state index contributed by atoms with van der Waals surface area (Å²) in [5.74, 6) is 2.30. The van der Waals surface area contributed by atoms with E-state index in [1.165, 1.54) is 25.7 Å². The van der Waals surface area contributed by atoms with Crippen molar-refractivity contribution < 1.29 is 9.47 Å². The quantitative estimate of drug-likeness (QED) is 0.720. The average molecular weight is 265 g/mol. The molecular weight excluding hydrogens is 238 g/mol. The highest BCUT2D eigenvalue weighted by atomic mass is 16.5. The largest absolute Gasteiger partial charge is 0.493 e. The van der Waals surface area contributed by atoms with Crippen LogP contribution >= 0.6 is 0 Å². The summed E-state index contributed by atoms with van der Waals surface area (Å²) < 4.78 is 10.6. The topological polar surface area (TPSA) is 30.5 Å².